The van der Waals surface area contributed by atoms with Crippen LogP contribution in [0.25, 0.3) is 17.1 Å². The number of nitrogens with one attached hydrogen (secondary N) is 1. The first-order valence-corrected chi connectivity index (χ1v) is 16.8. The lowest BCUT2D eigenvalue weighted by Crippen LogP contribution is -2.43. The van der Waals surface area contributed by atoms with E-state index in [2.05, 4.69) is 77.9 Å². The van der Waals surface area contributed by atoms with Gasteiger partial charge in [0.2, 0.25) is 6.35 Å². The molecule has 5 rings (SSSR count). The summed E-state index contributed by atoms with van der Waals surface area (Å²) in [4.78, 5) is 11.4. The van der Waals surface area contributed by atoms with Crippen molar-refractivity contribution < 1.29 is 23.0 Å². The fourth-order valence-corrected chi connectivity index (χ4v) is 7.03. The van der Waals surface area contributed by atoms with Gasteiger partial charge in [0, 0.05) is 23.0 Å². The maximum absolute atomic E-state index is 12.4. The number of aromatic nitrogens is 3. The van der Waals surface area contributed by atoms with Crippen LogP contribution in [0.1, 0.15) is 69.1 Å². The summed E-state index contributed by atoms with van der Waals surface area (Å²) < 4.78 is 42.8. The predicted octanol–water partition coefficient (Wildman–Crippen LogP) is 8.01. The van der Waals surface area contributed by atoms with Gasteiger partial charge in [0.25, 0.3) is 0 Å². The summed E-state index contributed by atoms with van der Waals surface area (Å²) in [5.41, 5.74) is 6.26. The van der Waals surface area contributed by atoms with E-state index < -0.39 is 12.7 Å². The van der Waals surface area contributed by atoms with Gasteiger partial charge in [-0.25, -0.2) is 14.7 Å². The predicted molar refractivity (Wildman–Crippen MR) is 182 cm³/mol. The third kappa shape index (κ3) is 8.74. The minimum atomic E-state index is -4.74. The van der Waals surface area contributed by atoms with Crippen molar-refractivity contribution >= 4 is 22.6 Å². The minimum Gasteiger partial charge on any atom is -0.406 e. The highest BCUT2D eigenvalue weighted by molar-refractivity contribution is 8.14. The molecule has 12 heteroatoms. The van der Waals surface area contributed by atoms with E-state index in [1.54, 1.807) is 11.8 Å². The van der Waals surface area contributed by atoms with Gasteiger partial charge in [-0.15, -0.1) is 18.3 Å². The molecule has 1 aliphatic rings. The van der Waals surface area contributed by atoms with Gasteiger partial charge in [-0.05, 0) is 92.1 Å². The Morgan fingerprint density at radius 3 is 2.47 bits per heavy atom. The molecule has 47 heavy (non-hydrogen) atoms. The monoisotopic (exact) mass is 666 g/mol. The van der Waals surface area contributed by atoms with Crippen LogP contribution in [0.15, 0.2) is 78.0 Å². The normalized spacial score (nSPS) is 17.7. The van der Waals surface area contributed by atoms with Crippen molar-refractivity contribution in [2.75, 3.05) is 17.2 Å². The van der Waals surface area contributed by atoms with Gasteiger partial charge in [0.05, 0.1) is 5.69 Å². The number of ether oxygens (including phenoxy) is 1. The van der Waals surface area contributed by atoms with Gasteiger partial charge < -0.3 is 14.7 Å². The van der Waals surface area contributed by atoms with Crippen LogP contribution in [0.4, 0.5) is 18.9 Å². The van der Waals surface area contributed by atoms with Crippen LogP contribution in [0.2, 0.25) is 0 Å². The number of aryl methyl sites for hydroxylation is 1. The molecule has 3 atom stereocenters. The number of thioether (sulfide) groups is 1. The van der Waals surface area contributed by atoms with Crippen LogP contribution in [-0.2, 0) is 0 Å². The van der Waals surface area contributed by atoms with Crippen LogP contribution >= 0.6 is 11.8 Å². The Bertz CT molecular complexity index is 1660. The molecule has 0 radical (unpaired) electrons. The van der Waals surface area contributed by atoms with E-state index >= 15 is 0 Å². The van der Waals surface area contributed by atoms with E-state index in [4.69, 9.17) is 4.99 Å². The van der Waals surface area contributed by atoms with Crippen molar-refractivity contribution in [3.63, 3.8) is 0 Å². The molecule has 0 bridgehead atoms. The molecule has 4 aromatic rings. The summed E-state index contributed by atoms with van der Waals surface area (Å²) in [5.74, 6) is 1.75. The molecule has 8 nitrogen and oxygen atoms in total. The number of aliphatic hydroxyl groups excluding tert-OH is 1. The van der Waals surface area contributed by atoms with E-state index in [0.717, 1.165) is 34.9 Å². The van der Waals surface area contributed by atoms with Crippen LogP contribution in [-0.4, -0.2) is 56.1 Å². The van der Waals surface area contributed by atoms with E-state index in [9.17, 15) is 18.3 Å². The summed E-state index contributed by atoms with van der Waals surface area (Å²) in [5, 5.41) is 19.4. The number of hydrogen-bond acceptors (Lipinski definition) is 7. The first-order chi connectivity index (χ1) is 22.4. The first-order valence-electron chi connectivity index (χ1n) is 15.8. The Morgan fingerprint density at radius 2 is 1.79 bits per heavy atom. The molecular weight excluding hydrogens is 625 g/mol. The summed E-state index contributed by atoms with van der Waals surface area (Å²) in [7, 11) is 0. The van der Waals surface area contributed by atoms with Gasteiger partial charge in [0.15, 0.2) is 11.0 Å². The Kier molecular flexibility index (Phi) is 10.9. The molecule has 2 heterocycles. The number of benzene rings is 3. The number of halogens is 3. The number of hydrogen-bond donors (Lipinski definition) is 2. The maximum atomic E-state index is 12.4. The van der Waals surface area contributed by atoms with Crippen LogP contribution in [0.5, 0.6) is 5.75 Å². The second-order valence-corrected chi connectivity index (χ2v) is 13.2. The first kappa shape index (κ1) is 34.5. The highest BCUT2D eigenvalue weighted by Gasteiger charge is 2.31. The topological polar surface area (TPSA) is 87.8 Å². The molecule has 250 valence electrons. The molecule has 0 aliphatic carbocycles. The number of anilines is 1. The van der Waals surface area contributed by atoms with Crippen molar-refractivity contribution in [3.8, 4) is 22.8 Å². The lowest BCUT2D eigenvalue weighted by atomic mass is 9.95. The average molecular weight is 667 g/mol. The Morgan fingerprint density at radius 1 is 1.06 bits per heavy atom. The summed E-state index contributed by atoms with van der Waals surface area (Å²) >= 11 is 1.68. The van der Waals surface area contributed by atoms with E-state index in [1.165, 1.54) is 52.1 Å². The van der Waals surface area contributed by atoms with Crippen molar-refractivity contribution in [2.24, 2.45) is 4.99 Å². The van der Waals surface area contributed by atoms with Crippen LogP contribution < -0.4 is 15.0 Å². The van der Waals surface area contributed by atoms with Gasteiger partial charge in [-0.3, -0.25) is 5.32 Å². The molecule has 1 aromatic heterocycles. The fourth-order valence-electron chi connectivity index (χ4n) is 5.80. The minimum absolute atomic E-state index is 0.223. The number of aliphatic imine (C=N–C) groups is 1. The van der Waals surface area contributed by atoms with E-state index in [1.807, 2.05) is 24.3 Å². The Balaban J connectivity index is 1.17. The molecule has 3 aromatic carbocycles. The lowest BCUT2D eigenvalue weighted by molar-refractivity contribution is -0.274. The average Bonchev–Trinajstić information content (AvgIpc) is 3.51. The SMILES string of the molecule is Cc1cccc(N2C(=NC(O)NCCC(C)c3ccc(-c4ncn(-c5ccc(OC(F)(F)F)cc5)n4)cc3)SCCC2C)c1C(C)C. The highest BCUT2D eigenvalue weighted by Crippen LogP contribution is 2.36. The fraction of sp³-hybridized carbons (Fsp3) is 0.400. The summed E-state index contributed by atoms with van der Waals surface area (Å²) in [6.07, 6.45) is -2.40. The van der Waals surface area contributed by atoms with Crippen LogP contribution in [0, 0.1) is 6.92 Å². The Labute approximate surface area is 278 Å². The molecule has 2 N–H and O–H groups in total. The summed E-state index contributed by atoms with van der Waals surface area (Å²) in [6, 6.07) is 20.1. The molecule has 1 aliphatic heterocycles. The zero-order valence-electron chi connectivity index (χ0n) is 27.2. The van der Waals surface area contributed by atoms with E-state index in [-0.39, 0.29) is 17.7 Å². The zero-order valence-corrected chi connectivity index (χ0v) is 28.0. The van der Waals surface area contributed by atoms with E-state index in [0.29, 0.717) is 24.0 Å². The molecule has 1 fully saturated rings. The number of alkyl halides is 3. The number of aliphatic hydroxyl groups is 1. The largest absolute Gasteiger partial charge is 0.573 e. The van der Waals surface area contributed by atoms with Crippen molar-refractivity contribution in [1.29, 1.82) is 0 Å². The van der Waals surface area contributed by atoms with Crippen molar-refractivity contribution in [3.05, 3.63) is 89.7 Å². The number of nitrogens with zero attached hydrogens (tertiary/aromatic N) is 5. The van der Waals surface area contributed by atoms with Crippen molar-refractivity contribution in [1.82, 2.24) is 20.1 Å². The van der Waals surface area contributed by atoms with Gasteiger partial charge >= 0.3 is 6.36 Å². The molecular formula is C35H41F3N6O2S. The molecule has 0 saturated carbocycles. The maximum Gasteiger partial charge on any atom is 0.573 e. The molecule has 1 saturated heterocycles. The van der Waals surface area contributed by atoms with Gasteiger partial charge in [0.1, 0.15) is 12.1 Å². The second-order valence-electron chi connectivity index (χ2n) is 12.1. The highest BCUT2D eigenvalue weighted by atomic mass is 32.2. The lowest BCUT2D eigenvalue weighted by Gasteiger charge is -2.38. The quantitative estimate of drug-likeness (QED) is 0.157. The third-order valence-corrected chi connectivity index (χ3v) is 9.25. The molecule has 0 spiro atoms. The number of rotatable bonds is 11. The molecule has 0 amide bonds. The van der Waals surface area contributed by atoms with Crippen molar-refractivity contribution in [2.45, 2.75) is 78.1 Å². The molecule has 3 unspecified atom stereocenters. The second kappa shape index (κ2) is 14.9. The van der Waals surface area contributed by atoms with Gasteiger partial charge in [-0.1, -0.05) is 68.9 Å². The standard InChI is InChI=1S/C35H41F3N6O2S/c1-22(2)31-24(4)7-6-8-30(31)44-25(5)18-20-47-34(44)41-33(45)39-19-17-23(3)26-9-11-27(12-10-26)32-40-21-43(42-32)28-13-15-29(16-14-28)46-35(36,37)38/h6-16,21-23,25,33,39,45H,17-20H2,1-5H3. The van der Waals surface area contributed by atoms with Gasteiger partial charge in [-0.2, -0.15) is 0 Å². The third-order valence-electron chi connectivity index (χ3n) is 8.25. The zero-order chi connectivity index (χ0) is 33.7. The Hall–Kier alpha value is -3.87. The van der Waals surface area contributed by atoms with Crippen LogP contribution in [0.3, 0.4) is 0 Å². The smallest absolute Gasteiger partial charge is 0.406 e. The summed E-state index contributed by atoms with van der Waals surface area (Å²) in [6.45, 7) is 11.5. The number of amidine groups is 1.